The number of thiophene rings is 1. The Kier molecular flexibility index (Phi) is 9.72. The van der Waals surface area contributed by atoms with E-state index in [0.717, 1.165) is 41.7 Å². The highest BCUT2D eigenvalue weighted by molar-refractivity contribution is 8.00. The number of rotatable bonds is 9. The van der Waals surface area contributed by atoms with Crippen molar-refractivity contribution in [1.82, 2.24) is 5.32 Å². The molecule has 0 saturated carbocycles. The summed E-state index contributed by atoms with van der Waals surface area (Å²) in [4.78, 5) is 41.3. The van der Waals surface area contributed by atoms with Crippen molar-refractivity contribution in [2.75, 3.05) is 10.6 Å². The van der Waals surface area contributed by atoms with E-state index in [9.17, 15) is 19.6 Å². The third-order valence-corrected chi connectivity index (χ3v) is 9.23. The molecule has 1 aliphatic carbocycles. The van der Waals surface area contributed by atoms with Gasteiger partial charge in [-0.1, -0.05) is 54.6 Å². The quantitative estimate of drug-likeness (QED) is 0.140. The molecule has 1 unspecified atom stereocenters. The van der Waals surface area contributed by atoms with E-state index in [1.54, 1.807) is 48.5 Å². The van der Waals surface area contributed by atoms with Crippen molar-refractivity contribution in [3.05, 3.63) is 118 Å². The SMILES string of the molecule is CC(Sc1cccc(NC(=O)/C(=C/c2ccccc2)NC(=O)c2ccccc2)c1)C(=O)Nc1sc2c(c1C#N)CCCC2. The molecule has 0 radical (unpaired) electrons. The van der Waals surface area contributed by atoms with E-state index >= 15 is 0 Å². The highest BCUT2D eigenvalue weighted by Crippen LogP contribution is 2.38. The molecule has 1 atom stereocenters. The summed E-state index contributed by atoms with van der Waals surface area (Å²) in [6.45, 7) is 1.81. The zero-order chi connectivity index (χ0) is 30.2. The average Bonchev–Trinajstić information content (AvgIpc) is 3.38. The Balaban J connectivity index is 1.27. The predicted octanol–water partition coefficient (Wildman–Crippen LogP) is 7.03. The van der Waals surface area contributed by atoms with Gasteiger partial charge in [0.2, 0.25) is 5.91 Å². The van der Waals surface area contributed by atoms with Gasteiger partial charge in [0, 0.05) is 21.0 Å². The molecule has 1 aromatic heterocycles. The van der Waals surface area contributed by atoms with Crippen LogP contribution in [0, 0.1) is 11.3 Å². The summed E-state index contributed by atoms with van der Waals surface area (Å²) in [6, 6.07) is 27.5. The van der Waals surface area contributed by atoms with Gasteiger partial charge in [0.25, 0.3) is 11.8 Å². The van der Waals surface area contributed by atoms with E-state index in [1.807, 2.05) is 49.4 Å². The standard InChI is InChI=1S/C34H30N4O3S2/c1-22(31(39)38-34-28(21-35)27-17-8-9-18-30(27)43-34)42-26-16-10-15-25(20-26)36-33(41)29(19-23-11-4-2-5-12-23)37-32(40)24-13-6-3-7-14-24/h2-7,10-16,19-20,22H,8-9,17-18H2,1H3,(H,36,41)(H,37,40)(H,38,39)/b29-19-. The lowest BCUT2D eigenvalue weighted by Crippen LogP contribution is -2.30. The van der Waals surface area contributed by atoms with Gasteiger partial charge in [-0.2, -0.15) is 5.26 Å². The van der Waals surface area contributed by atoms with Crippen molar-refractivity contribution >= 4 is 57.6 Å². The molecular weight excluding hydrogens is 577 g/mol. The minimum Gasteiger partial charge on any atom is -0.321 e. The van der Waals surface area contributed by atoms with E-state index in [4.69, 9.17) is 0 Å². The number of benzene rings is 3. The molecule has 216 valence electrons. The van der Waals surface area contributed by atoms with Crippen LogP contribution >= 0.6 is 23.1 Å². The molecule has 1 heterocycles. The summed E-state index contributed by atoms with van der Waals surface area (Å²) in [6.07, 6.45) is 5.62. The van der Waals surface area contributed by atoms with Crippen molar-refractivity contribution in [3.63, 3.8) is 0 Å². The number of thioether (sulfide) groups is 1. The first kappa shape index (κ1) is 29.8. The van der Waals surface area contributed by atoms with Crippen molar-refractivity contribution in [2.24, 2.45) is 0 Å². The van der Waals surface area contributed by atoms with Gasteiger partial charge < -0.3 is 16.0 Å². The van der Waals surface area contributed by atoms with Crippen molar-refractivity contribution < 1.29 is 14.4 Å². The maximum Gasteiger partial charge on any atom is 0.272 e. The number of carbonyl (C=O) groups is 3. The Morgan fingerprint density at radius 3 is 2.40 bits per heavy atom. The monoisotopic (exact) mass is 606 g/mol. The zero-order valence-corrected chi connectivity index (χ0v) is 25.2. The van der Waals surface area contributed by atoms with E-state index in [1.165, 1.54) is 28.0 Å². The number of anilines is 2. The summed E-state index contributed by atoms with van der Waals surface area (Å²) in [7, 11) is 0. The van der Waals surface area contributed by atoms with E-state index in [2.05, 4.69) is 22.0 Å². The number of nitriles is 1. The van der Waals surface area contributed by atoms with E-state index < -0.39 is 17.1 Å². The van der Waals surface area contributed by atoms with Gasteiger partial charge in [-0.25, -0.2) is 0 Å². The van der Waals surface area contributed by atoms with Gasteiger partial charge in [-0.05, 0) is 80.1 Å². The normalized spacial score (nSPS) is 13.3. The maximum absolute atomic E-state index is 13.4. The van der Waals surface area contributed by atoms with Crippen LogP contribution in [-0.2, 0) is 22.4 Å². The molecular formula is C34H30N4O3S2. The Labute approximate surface area is 259 Å². The number of fused-ring (bicyclic) bond motifs is 1. The number of carbonyl (C=O) groups excluding carboxylic acids is 3. The number of aryl methyl sites for hydroxylation is 1. The zero-order valence-electron chi connectivity index (χ0n) is 23.6. The van der Waals surface area contributed by atoms with E-state index in [-0.39, 0.29) is 11.6 Å². The van der Waals surface area contributed by atoms with Crippen LogP contribution in [0.1, 0.15) is 51.7 Å². The first-order valence-corrected chi connectivity index (χ1v) is 15.7. The highest BCUT2D eigenvalue weighted by atomic mass is 32.2. The van der Waals surface area contributed by atoms with Crippen LogP contribution in [0.15, 0.2) is 95.5 Å². The highest BCUT2D eigenvalue weighted by Gasteiger charge is 2.24. The molecule has 7 nitrogen and oxygen atoms in total. The molecule has 5 rings (SSSR count). The van der Waals surface area contributed by atoms with Crippen LogP contribution in [0.2, 0.25) is 0 Å². The number of nitrogens with zero attached hydrogens (tertiary/aromatic N) is 1. The number of hydrogen-bond acceptors (Lipinski definition) is 6. The molecule has 9 heteroatoms. The third-order valence-electron chi connectivity index (χ3n) is 6.93. The summed E-state index contributed by atoms with van der Waals surface area (Å²) in [5.74, 6) is -1.06. The van der Waals surface area contributed by atoms with Crippen molar-refractivity contribution in [1.29, 1.82) is 5.26 Å². The summed E-state index contributed by atoms with van der Waals surface area (Å²) in [5, 5.41) is 18.5. The Hall–Kier alpha value is -4.65. The topological polar surface area (TPSA) is 111 Å². The first-order chi connectivity index (χ1) is 20.9. The molecule has 3 N–H and O–H groups in total. The number of hydrogen-bond donors (Lipinski definition) is 3. The van der Waals surface area contributed by atoms with Gasteiger partial charge in [-0.15, -0.1) is 23.1 Å². The van der Waals surface area contributed by atoms with Crippen LogP contribution in [0.4, 0.5) is 10.7 Å². The molecule has 4 aromatic rings. The second-order valence-corrected chi connectivity index (χ2v) is 12.6. The molecule has 3 amide bonds. The van der Waals surface area contributed by atoms with Crippen LogP contribution in [-0.4, -0.2) is 23.0 Å². The lowest BCUT2D eigenvalue weighted by atomic mass is 9.96. The predicted molar refractivity (Wildman–Crippen MR) is 173 cm³/mol. The van der Waals surface area contributed by atoms with Gasteiger partial charge in [0.05, 0.1) is 10.8 Å². The lowest BCUT2D eigenvalue weighted by molar-refractivity contribution is -0.115. The largest absolute Gasteiger partial charge is 0.321 e. The van der Waals surface area contributed by atoms with Crippen molar-refractivity contribution in [2.45, 2.75) is 42.8 Å². The van der Waals surface area contributed by atoms with Gasteiger partial charge in [0.15, 0.2) is 0 Å². The van der Waals surface area contributed by atoms with Gasteiger partial charge in [0.1, 0.15) is 16.8 Å². The Morgan fingerprint density at radius 2 is 1.65 bits per heavy atom. The third kappa shape index (κ3) is 7.60. The summed E-state index contributed by atoms with van der Waals surface area (Å²) in [5.41, 5.74) is 3.49. The molecule has 0 spiro atoms. The Morgan fingerprint density at radius 1 is 0.930 bits per heavy atom. The van der Waals surface area contributed by atoms with Gasteiger partial charge >= 0.3 is 0 Å². The summed E-state index contributed by atoms with van der Waals surface area (Å²) >= 11 is 2.86. The second-order valence-electron chi connectivity index (χ2n) is 10.0. The fraction of sp³-hybridized carbons (Fsp3) is 0.176. The minimum atomic E-state index is -0.480. The summed E-state index contributed by atoms with van der Waals surface area (Å²) < 4.78 is 0. The lowest BCUT2D eigenvalue weighted by Gasteiger charge is -2.14. The molecule has 43 heavy (non-hydrogen) atoms. The molecule has 0 saturated heterocycles. The fourth-order valence-electron chi connectivity index (χ4n) is 4.75. The fourth-order valence-corrected chi connectivity index (χ4v) is 6.92. The minimum absolute atomic E-state index is 0.0952. The second kappa shape index (κ2) is 14.0. The molecule has 0 bridgehead atoms. The maximum atomic E-state index is 13.4. The molecule has 3 aromatic carbocycles. The van der Waals surface area contributed by atoms with Crippen LogP contribution in [0.3, 0.4) is 0 Å². The van der Waals surface area contributed by atoms with Crippen molar-refractivity contribution in [3.8, 4) is 6.07 Å². The molecule has 1 aliphatic rings. The number of nitrogens with one attached hydrogen (secondary N) is 3. The smallest absolute Gasteiger partial charge is 0.272 e. The first-order valence-electron chi connectivity index (χ1n) is 14.0. The van der Waals surface area contributed by atoms with Gasteiger partial charge in [-0.3, -0.25) is 14.4 Å². The van der Waals surface area contributed by atoms with Crippen LogP contribution < -0.4 is 16.0 Å². The number of amides is 3. The van der Waals surface area contributed by atoms with Crippen LogP contribution in [0.25, 0.3) is 6.08 Å². The van der Waals surface area contributed by atoms with E-state index in [0.29, 0.717) is 21.8 Å². The average molecular weight is 607 g/mol. The molecule has 0 fully saturated rings. The Bertz CT molecular complexity index is 1710. The van der Waals surface area contributed by atoms with Crippen LogP contribution in [0.5, 0.6) is 0 Å². The molecule has 0 aliphatic heterocycles.